The van der Waals surface area contributed by atoms with E-state index in [1.807, 2.05) is 33.3 Å². The normalized spacial score (nSPS) is 14.6. The van der Waals surface area contributed by atoms with Crippen molar-refractivity contribution < 1.29 is 51.6 Å². The molecule has 0 aromatic carbocycles. The molecule has 0 radical (unpaired) electrons. The van der Waals surface area contributed by atoms with E-state index >= 15 is 0 Å². The molecule has 332 valence electrons. The topological polar surface area (TPSA) is 145 Å². The Bertz CT molecular complexity index is 1420. The largest absolute Gasteiger partial charge is 0.756 e. The highest BCUT2D eigenvalue weighted by Gasteiger charge is 2.22. The number of aliphatic hydroxyl groups excluding tert-OH is 1. The van der Waals surface area contributed by atoms with E-state index in [4.69, 9.17) is 22.9 Å². The quantitative estimate of drug-likeness (QED) is 0.0175. The van der Waals surface area contributed by atoms with Gasteiger partial charge in [0.05, 0.1) is 33.9 Å². The molecule has 58 heavy (non-hydrogen) atoms. The third kappa shape index (κ3) is 28.6. The van der Waals surface area contributed by atoms with Gasteiger partial charge in [0, 0.05) is 25.7 Å². The van der Waals surface area contributed by atoms with Crippen molar-refractivity contribution in [3.63, 3.8) is 0 Å². The number of phosphoric acid groups is 1. The predicted octanol–water partition coefficient (Wildman–Crippen LogP) is 9.90. The van der Waals surface area contributed by atoms with E-state index in [1.165, 1.54) is 30.4 Å². The van der Waals surface area contributed by atoms with Gasteiger partial charge in [-0.05, 0) is 82.8 Å². The number of phosphoric ester groups is 1. The number of likely N-dealkylation sites (N-methyl/N-ethyl adjacent to an activating group) is 1. The van der Waals surface area contributed by atoms with Crippen LogP contribution in [0, 0.1) is 13.8 Å². The molecule has 0 aliphatic heterocycles. The third-order valence-electron chi connectivity index (χ3n) is 9.63. The van der Waals surface area contributed by atoms with E-state index in [9.17, 15) is 24.2 Å². The molecule has 0 saturated heterocycles. The highest BCUT2D eigenvalue weighted by molar-refractivity contribution is 7.45. The van der Waals surface area contributed by atoms with Crippen molar-refractivity contribution in [3.8, 4) is 0 Å². The number of allylic oxidation sites excluding steroid dienone is 7. The molecule has 1 aromatic rings. The van der Waals surface area contributed by atoms with Crippen molar-refractivity contribution >= 4 is 19.8 Å². The van der Waals surface area contributed by atoms with E-state index in [2.05, 4.69) is 52.0 Å². The monoisotopic (exact) mass is 836 g/mol. The molecule has 0 aliphatic rings. The fourth-order valence-corrected chi connectivity index (χ4v) is 6.65. The Morgan fingerprint density at radius 2 is 1.40 bits per heavy atom. The SMILES string of the molecule is CCCCC/C=C\C/C=C\C/C=C\C=C\[C@H](O)CCCC(=O)O[C@H](COC(=O)CCCCCCCCc1oc(CCC)c(C)c1C)COP(=O)([O-])OCC[N+](C)(C)C. The molecule has 11 nitrogen and oxygen atoms in total. The highest BCUT2D eigenvalue weighted by Crippen LogP contribution is 2.38. The number of hydrogen-bond acceptors (Lipinski definition) is 10. The first-order valence-corrected chi connectivity index (χ1v) is 23.3. The summed E-state index contributed by atoms with van der Waals surface area (Å²) in [5.74, 6) is 1.14. The predicted molar refractivity (Wildman–Crippen MR) is 231 cm³/mol. The molecule has 0 amide bonds. The van der Waals surface area contributed by atoms with Crippen LogP contribution in [0.5, 0.6) is 0 Å². The van der Waals surface area contributed by atoms with Crippen molar-refractivity contribution in [2.24, 2.45) is 0 Å². The number of furan rings is 1. The summed E-state index contributed by atoms with van der Waals surface area (Å²) >= 11 is 0. The van der Waals surface area contributed by atoms with Crippen molar-refractivity contribution in [1.29, 1.82) is 0 Å². The van der Waals surface area contributed by atoms with E-state index in [0.717, 1.165) is 82.1 Å². The smallest absolute Gasteiger partial charge is 0.306 e. The van der Waals surface area contributed by atoms with Crippen molar-refractivity contribution in [3.05, 3.63) is 71.3 Å². The number of quaternary nitrogens is 1. The molecule has 1 unspecified atom stereocenters. The van der Waals surface area contributed by atoms with Crippen molar-refractivity contribution in [2.45, 2.75) is 162 Å². The number of aliphatic hydroxyl groups is 1. The minimum Gasteiger partial charge on any atom is -0.756 e. The van der Waals surface area contributed by atoms with Crippen LogP contribution in [-0.2, 0) is 45.5 Å². The van der Waals surface area contributed by atoms with E-state index in [-0.39, 0.29) is 26.1 Å². The standard InChI is InChI=1S/C46H78NO10P/c1-8-10-11-12-13-14-15-16-17-18-19-22-25-30-41(48)31-28-34-46(50)56-42(38-55-58(51,52)54-36-35-47(5,6)7)37-53-45(49)33-27-24-21-20-23-26-32-44-40(4)39(3)43(57-44)29-9-2/h13-14,16-17,19,22,25,30,41-42,48H,8-12,15,18,20-21,23-24,26-29,31-38H2,1-7H3/b14-13-,17-16-,22-19-,30-25+/t41-,42+/m0/s1. The van der Waals surface area contributed by atoms with Crippen LogP contribution in [0.3, 0.4) is 0 Å². The molecule has 12 heteroatoms. The first-order valence-electron chi connectivity index (χ1n) is 21.8. The molecule has 0 saturated carbocycles. The van der Waals surface area contributed by atoms with Gasteiger partial charge in [0.15, 0.2) is 6.10 Å². The zero-order chi connectivity index (χ0) is 43.1. The van der Waals surface area contributed by atoms with Gasteiger partial charge >= 0.3 is 11.9 Å². The summed E-state index contributed by atoms with van der Waals surface area (Å²) in [6, 6.07) is 0. The first-order chi connectivity index (χ1) is 27.7. The molecule has 1 aromatic heterocycles. The average Bonchev–Trinajstić information content (AvgIpc) is 3.42. The van der Waals surface area contributed by atoms with Crippen LogP contribution in [0.15, 0.2) is 53.0 Å². The van der Waals surface area contributed by atoms with Gasteiger partial charge < -0.3 is 37.4 Å². The van der Waals surface area contributed by atoms with E-state index in [0.29, 0.717) is 30.3 Å². The fraction of sp³-hybridized carbons (Fsp3) is 0.696. The Hall–Kier alpha value is -2.79. The van der Waals surface area contributed by atoms with Crippen LogP contribution < -0.4 is 4.89 Å². The number of hydrogen-bond donors (Lipinski definition) is 1. The zero-order valence-electron chi connectivity index (χ0n) is 37.1. The number of carbonyl (C=O) groups excluding carboxylic acids is 2. The number of aryl methyl sites for hydroxylation is 2. The minimum absolute atomic E-state index is 0.0152. The molecule has 0 bridgehead atoms. The first kappa shape index (κ1) is 53.2. The summed E-state index contributed by atoms with van der Waals surface area (Å²) in [6.07, 6.45) is 30.3. The molecular weight excluding hydrogens is 757 g/mol. The molecule has 0 aliphatic carbocycles. The minimum atomic E-state index is -4.69. The summed E-state index contributed by atoms with van der Waals surface area (Å²) < 4.78 is 39.8. The maximum Gasteiger partial charge on any atom is 0.306 e. The summed E-state index contributed by atoms with van der Waals surface area (Å²) in [5, 5.41) is 10.3. The second kappa shape index (κ2) is 32.0. The lowest BCUT2D eigenvalue weighted by Gasteiger charge is -2.28. The van der Waals surface area contributed by atoms with E-state index < -0.39 is 38.6 Å². The van der Waals surface area contributed by atoms with Crippen LogP contribution in [-0.4, -0.2) is 81.2 Å². The Morgan fingerprint density at radius 3 is 2.09 bits per heavy atom. The fourth-order valence-electron chi connectivity index (χ4n) is 5.92. The maximum absolute atomic E-state index is 12.7. The molecule has 1 rings (SSSR count). The van der Waals surface area contributed by atoms with Gasteiger partial charge in [0.1, 0.15) is 31.3 Å². The third-order valence-corrected chi connectivity index (χ3v) is 10.6. The van der Waals surface area contributed by atoms with Crippen LogP contribution in [0.2, 0.25) is 0 Å². The van der Waals surface area contributed by atoms with Crippen LogP contribution in [0.4, 0.5) is 0 Å². The molecule has 1 heterocycles. The lowest BCUT2D eigenvalue weighted by atomic mass is 10.0. The number of unbranched alkanes of at least 4 members (excludes halogenated alkanes) is 8. The Morgan fingerprint density at radius 1 is 0.759 bits per heavy atom. The van der Waals surface area contributed by atoms with E-state index in [1.54, 1.807) is 12.2 Å². The number of rotatable bonds is 35. The van der Waals surface area contributed by atoms with Gasteiger partial charge in [-0.3, -0.25) is 14.2 Å². The van der Waals surface area contributed by atoms with Gasteiger partial charge in [-0.2, -0.15) is 0 Å². The molecule has 1 N–H and O–H groups in total. The highest BCUT2D eigenvalue weighted by atomic mass is 31.2. The molecule has 0 spiro atoms. The van der Waals surface area contributed by atoms with Gasteiger partial charge in [0.2, 0.25) is 0 Å². The summed E-state index contributed by atoms with van der Waals surface area (Å²) in [6.45, 7) is 8.10. The molecule has 0 fully saturated rings. The summed E-state index contributed by atoms with van der Waals surface area (Å²) in [4.78, 5) is 37.7. The van der Waals surface area contributed by atoms with Gasteiger partial charge in [0.25, 0.3) is 7.82 Å². The second-order valence-corrected chi connectivity index (χ2v) is 17.5. The lowest BCUT2D eigenvalue weighted by Crippen LogP contribution is -2.37. The van der Waals surface area contributed by atoms with Gasteiger partial charge in [-0.25, -0.2) is 0 Å². The van der Waals surface area contributed by atoms with Crippen molar-refractivity contribution in [1.82, 2.24) is 0 Å². The second-order valence-electron chi connectivity index (χ2n) is 16.1. The Kier molecular flexibility index (Phi) is 29.4. The summed E-state index contributed by atoms with van der Waals surface area (Å²) in [7, 11) is 1.01. The number of nitrogens with zero attached hydrogens (tertiary/aromatic N) is 1. The van der Waals surface area contributed by atoms with Crippen LogP contribution in [0.1, 0.15) is 146 Å². The zero-order valence-corrected chi connectivity index (χ0v) is 37.9. The number of esters is 2. The average molecular weight is 836 g/mol. The Labute approximate surface area is 351 Å². The molecule has 3 atom stereocenters. The summed E-state index contributed by atoms with van der Waals surface area (Å²) in [5.41, 5.74) is 2.55. The Balaban J connectivity index is 2.46. The van der Waals surface area contributed by atoms with Gasteiger partial charge in [-0.1, -0.05) is 101 Å². The number of ether oxygens (including phenoxy) is 2. The lowest BCUT2D eigenvalue weighted by molar-refractivity contribution is -0.870. The maximum atomic E-state index is 12.7. The number of carbonyl (C=O) groups is 2. The van der Waals surface area contributed by atoms with Crippen molar-refractivity contribution in [2.75, 3.05) is 47.5 Å². The van der Waals surface area contributed by atoms with Gasteiger partial charge in [-0.15, -0.1) is 0 Å². The van der Waals surface area contributed by atoms with Crippen LogP contribution >= 0.6 is 7.82 Å². The molecular formula is C46H78NO10P. The van der Waals surface area contributed by atoms with Crippen LogP contribution in [0.25, 0.3) is 0 Å².